The summed E-state index contributed by atoms with van der Waals surface area (Å²) in [7, 11) is 4.13. The van der Waals surface area contributed by atoms with E-state index < -0.39 is 17.5 Å². The van der Waals surface area contributed by atoms with Crippen LogP contribution in [0.5, 0.6) is 11.5 Å². The van der Waals surface area contributed by atoms with Crippen LogP contribution in [-0.4, -0.2) is 33.1 Å². The zero-order valence-corrected chi connectivity index (χ0v) is 18.4. The van der Waals surface area contributed by atoms with Crippen molar-refractivity contribution < 1.29 is 28.2 Å². The van der Waals surface area contributed by atoms with Crippen molar-refractivity contribution in [1.29, 1.82) is 0 Å². The van der Waals surface area contributed by atoms with E-state index in [0.717, 1.165) is 10.8 Å². The SMILES string of the molecule is COC(=O)C(CC(=O)c1ccc2ccccc2c1)c1cc(=O)oc2c(OC)c(OC)ccc12. The molecule has 33 heavy (non-hydrogen) atoms. The molecule has 0 N–H and O–H groups in total. The maximum Gasteiger partial charge on any atom is 0.336 e. The molecule has 0 saturated heterocycles. The summed E-state index contributed by atoms with van der Waals surface area (Å²) < 4.78 is 21.0. The Morgan fingerprint density at radius 1 is 0.909 bits per heavy atom. The lowest BCUT2D eigenvalue weighted by molar-refractivity contribution is -0.142. The van der Waals surface area contributed by atoms with E-state index in [1.807, 2.05) is 30.3 Å². The van der Waals surface area contributed by atoms with Crippen molar-refractivity contribution in [3.8, 4) is 11.5 Å². The summed E-state index contributed by atoms with van der Waals surface area (Å²) >= 11 is 0. The number of fused-ring (bicyclic) bond motifs is 2. The first kappa shape index (κ1) is 22.1. The first-order valence-corrected chi connectivity index (χ1v) is 10.3. The molecule has 3 aromatic carbocycles. The van der Waals surface area contributed by atoms with E-state index in [1.165, 1.54) is 27.4 Å². The monoisotopic (exact) mass is 446 g/mol. The molecule has 0 fully saturated rings. The molecule has 0 spiro atoms. The summed E-state index contributed by atoms with van der Waals surface area (Å²) in [6.45, 7) is 0. The van der Waals surface area contributed by atoms with E-state index in [9.17, 15) is 14.4 Å². The number of esters is 1. The van der Waals surface area contributed by atoms with E-state index in [-0.39, 0.29) is 23.5 Å². The third kappa shape index (κ3) is 4.17. The Morgan fingerprint density at radius 2 is 1.67 bits per heavy atom. The number of rotatable bonds is 7. The molecule has 1 aromatic heterocycles. The molecule has 0 aliphatic carbocycles. The molecule has 7 nitrogen and oxygen atoms in total. The third-order valence-corrected chi connectivity index (χ3v) is 5.61. The second kappa shape index (κ2) is 9.16. The molecule has 7 heteroatoms. The minimum absolute atomic E-state index is 0.131. The van der Waals surface area contributed by atoms with Crippen molar-refractivity contribution in [2.75, 3.05) is 21.3 Å². The lowest BCUT2D eigenvalue weighted by Gasteiger charge is -2.17. The Kier molecular flexibility index (Phi) is 6.13. The highest BCUT2D eigenvalue weighted by atomic mass is 16.5. The van der Waals surface area contributed by atoms with Gasteiger partial charge in [0, 0.05) is 23.4 Å². The summed E-state index contributed by atoms with van der Waals surface area (Å²) in [5, 5.41) is 2.38. The smallest absolute Gasteiger partial charge is 0.336 e. The predicted octanol–water partition coefficient (Wildman–Crippen LogP) is 4.49. The number of ether oxygens (including phenoxy) is 3. The fourth-order valence-electron chi connectivity index (χ4n) is 3.98. The van der Waals surface area contributed by atoms with E-state index >= 15 is 0 Å². The Morgan fingerprint density at radius 3 is 2.36 bits per heavy atom. The molecule has 0 bridgehead atoms. The topological polar surface area (TPSA) is 92.0 Å². The van der Waals surface area contributed by atoms with Crippen LogP contribution >= 0.6 is 0 Å². The quantitative estimate of drug-likeness (QED) is 0.235. The van der Waals surface area contributed by atoms with Gasteiger partial charge in [0.15, 0.2) is 17.1 Å². The van der Waals surface area contributed by atoms with Crippen LogP contribution in [0.2, 0.25) is 0 Å². The number of methoxy groups -OCH3 is 3. The molecule has 4 rings (SSSR count). The van der Waals surface area contributed by atoms with Gasteiger partial charge in [-0.2, -0.15) is 0 Å². The summed E-state index contributed by atoms with van der Waals surface area (Å²) in [5.41, 5.74) is 0.236. The first-order valence-electron chi connectivity index (χ1n) is 10.3. The average Bonchev–Trinajstić information content (AvgIpc) is 2.85. The van der Waals surface area contributed by atoms with Gasteiger partial charge in [-0.1, -0.05) is 36.4 Å². The van der Waals surface area contributed by atoms with Crippen LogP contribution in [0.25, 0.3) is 21.7 Å². The van der Waals surface area contributed by atoms with Crippen LogP contribution in [0.3, 0.4) is 0 Å². The molecule has 1 unspecified atom stereocenters. The van der Waals surface area contributed by atoms with Crippen molar-refractivity contribution in [1.82, 2.24) is 0 Å². The number of hydrogen-bond acceptors (Lipinski definition) is 7. The summed E-state index contributed by atoms with van der Waals surface area (Å²) in [6, 6.07) is 17.6. The maximum atomic E-state index is 13.2. The Hall–Kier alpha value is -4.13. The van der Waals surface area contributed by atoms with E-state index in [4.69, 9.17) is 18.6 Å². The molecule has 1 heterocycles. The number of benzene rings is 3. The molecule has 0 saturated carbocycles. The van der Waals surface area contributed by atoms with Gasteiger partial charge in [-0.05, 0) is 34.5 Å². The zero-order valence-electron chi connectivity index (χ0n) is 18.4. The molecule has 4 aromatic rings. The van der Waals surface area contributed by atoms with Gasteiger partial charge < -0.3 is 18.6 Å². The van der Waals surface area contributed by atoms with Gasteiger partial charge in [-0.25, -0.2) is 4.79 Å². The lowest BCUT2D eigenvalue weighted by Crippen LogP contribution is -2.20. The number of carbonyl (C=O) groups excluding carboxylic acids is 2. The molecule has 168 valence electrons. The predicted molar refractivity (Wildman–Crippen MR) is 123 cm³/mol. The van der Waals surface area contributed by atoms with Gasteiger partial charge in [-0.15, -0.1) is 0 Å². The van der Waals surface area contributed by atoms with Crippen LogP contribution in [0.15, 0.2) is 69.9 Å². The standard InChI is InChI=1S/C26H22O7/c1-30-22-11-10-18-19(14-23(28)33-24(18)25(22)31-2)20(26(29)32-3)13-21(27)17-9-8-15-6-4-5-7-16(15)12-17/h4-12,14,20H,13H2,1-3H3. The number of hydrogen-bond donors (Lipinski definition) is 0. The molecular weight excluding hydrogens is 424 g/mol. The summed E-state index contributed by atoms with van der Waals surface area (Å²) in [6.07, 6.45) is -0.183. The van der Waals surface area contributed by atoms with Gasteiger partial charge in [0.2, 0.25) is 5.75 Å². The second-order valence-electron chi connectivity index (χ2n) is 7.46. The Balaban J connectivity index is 1.81. The second-order valence-corrected chi connectivity index (χ2v) is 7.46. The van der Waals surface area contributed by atoms with Gasteiger partial charge in [0.1, 0.15) is 0 Å². The molecule has 0 radical (unpaired) electrons. The van der Waals surface area contributed by atoms with Gasteiger partial charge in [0.25, 0.3) is 0 Å². The highest BCUT2D eigenvalue weighted by Crippen LogP contribution is 2.38. The van der Waals surface area contributed by atoms with Crippen molar-refractivity contribution in [3.05, 3.63) is 82.2 Å². The third-order valence-electron chi connectivity index (χ3n) is 5.61. The van der Waals surface area contributed by atoms with Gasteiger partial charge >= 0.3 is 11.6 Å². The molecule has 0 amide bonds. The molecule has 0 aliphatic heterocycles. The largest absolute Gasteiger partial charge is 0.493 e. The van der Waals surface area contributed by atoms with Crippen LogP contribution < -0.4 is 15.1 Å². The van der Waals surface area contributed by atoms with Crippen molar-refractivity contribution >= 4 is 33.5 Å². The zero-order chi connectivity index (χ0) is 23.5. The van der Waals surface area contributed by atoms with Crippen molar-refractivity contribution in [2.24, 2.45) is 0 Å². The van der Waals surface area contributed by atoms with Crippen LogP contribution in [-0.2, 0) is 9.53 Å². The molecule has 1 atom stereocenters. The highest BCUT2D eigenvalue weighted by Gasteiger charge is 2.29. The number of ketones is 1. The van der Waals surface area contributed by atoms with Crippen molar-refractivity contribution in [3.63, 3.8) is 0 Å². The highest BCUT2D eigenvalue weighted by molar-refractivity contribution is 6.03. The van der Waals surface area contributed by atoms with E-state index in [0.29, 0.717) is 22.3 Å². The van der Waals surface area contributed by atoms with E-state index in [2.05, 4.69) is 0 Å². The summed E-state index contributed by atoms with van der Waals surface area (Å²) in [5.74, 6) is -1.31. The minimum Gasteiger partial charge on any atom is -0.493 e. The van der Waals surface area contributed by atoms with Crippen LogP contribution in [0, 0.1) is 0 Å². The number of carbonyl (C=O) groups is 2. The van der Waals surface area contributed by atoms with Gasteiger partial charge in [0.05, 0.1) is 27.2 Å². The fourth-order valence-corrected chi connectivity index (χ4v) is 3.98. The maximum absolute atomic E-state index is 13.2. The average molecular weight is 446 g/mol. The first-order chi connectivity index (χ1) is 16.0. The minimum atomic E-state index is -1.02. The molecule has 0 aliphatic rings. The Labute approximate surface area is 189 Å². The normalized spacial score (nSPS) is 11.8. The van der Waals surface area contributed by atoms with Crippen LogP contribution in [0.4, 0.5) is 0 Å². The Bertz CT molecular complexity index is 1420. The number of Topliss-reactive ketones (excluding diaryl/α,β-unsaturated/α-hetero) is 1. The van der Waals surface area contributed by atoms with E-state index in [1.54, 1.807) is 24.3 Å². The molecular formula is C26H22O7. The summed E-state index contributed by atoms with van der Waals surface area (Å²) in [4.78, 5) is 38.3. The van der Waals surface area contributed by atoms with Gasteiger partial charge in [-0.3, -0.25) is 9.59 Å². The lowest BCUT2D eigenvalue weighted by atomic mass is 9.89. The van der Waals surface area contributed by atoms with Crippen molar-refractivity contribution in [2.45, 2.75) is 12.3 Å². The van der Waals surface area contributed by atoms with Crippen LogP contribution in [0.1, 0.15) is 28.3 Å². The fraction of sp³-hybridized carbons (Fsp3) is 0.192.